The molecule has 0 unspecified atom stereocenters. The van der Waals surface area contributed by atoms with E-state index in [1.807, 2.05) is 0 Å². The van der Waals surface area contributed by atoms with E-state index in [-0.39, 0.29) is 0 Å². The van der Waals surface area contributed by atoms with Gasteiger partial charge in [-0.05, 0) is 31.7 Å². The van der Waals surface area contributed by atoms with Crippen LogP contribution in [0, 0.1) is 5.92 Å². The Morgan fingerprint density at radius 2 is 2.35 bits per heavy atom. The molecule has 0 saturated heterocycles. The highest BCUT2D eigenvalue weighted by Gasteiger charge is 2.21. The Labute approximate surface area is 105 Å². The zero-order valence-corrected chi connectivity index (χ0v) is 11.4. The third-order valence-electron chi connectivity index (χ3n) is 3.35. The van der Waals surface area contributed by atoms with Crippen LogP contribution in [-0.4, -0.2) is 16.1 Å². The first kappa shape index (κ1) is 12.6. The molecule has 17 heavy (non-hydrogen) atoms. The Morgan fingerprint density at radius 3 is 3.06 bits per heavy atom. The molecule has 2 rings (SSSR count). The Balaban J connectivity index is 2.20. The average molecular weight is 235 g/mol. The second-order valence-electron chi connectivity index (χ2n) is 5.52. The van der Waals surface area contributed by atoms with Gasteiger partial charge in [0.25, 0.3) is 0 Å². The normalized spacial score (nSPS) is 20.4. The molecule has 1 aromatic rings. The van der Waals surface area contributed by atoms with Crippen molar-refractivity contribution in [3.05, 3.63) is 17.7 Å². The molecule has 1 atom stereocenters. The van der Waals surface area contributed by atoms with Crippen LogP contribution in [0.25, 0.3) is 0 Å². The van der Waals surface area contributed by atoms with Crippen molar-refractivity contribution in [1.29, 1.82) is 0 Å². The van der Waals surface area contributed by atoms with Crippen LogP contribution >= 0.6 is 0 Å². The van der Waals surface area contributed by atoms with Crippen LogP contribution in [0.2, 0.25) is 0 Å². The number of hydrogen-bond acceptors (Lipinski definition) is 2. The minimum absolute atomic E-state index is 0.447. The summed E-state index contributed by atoms with van der Waals surface area (Å²) in [6, 6.07) is 0.447. The van der Waals surface area contributed by atoms with Gasteiger partial charge in [-0.3, -0.25) is 0 Å². The molecule has 0 bridgehead atoms. The smallest absolute Gasteiger partial charge is 0.126 e. The van der Waals surface area contributed by atoms with Crippen LogP contribution in [0.15, 0.2) is 6.20 Å². The molecular weight excluding hydrogens is 210 g/mol. The lowest BCUT2D eigenvalue weighted by Gasteiger charge is -2.17. The van der Waals surface area contributed by atoms with Crippen LogP contribution in [0.4, 0.5) is 0 Å². The predicted octanol–water partition coefficient (Wildman–Crippen LogP) is 2.92. The van der Waals surface area contributed by atoms with Gasteiger partial charge in [-0.1, -0.05) is 27.2 Å². The summed E-state index contributed by atoms with van der Waals surface area (Å²) in [5.41, 5.74) is 1.26. The molecule has 2 heterocycles. The van der Waals surface area contributed by atoms with Gasteiger partial charge in [-0.2, -0.15) is 0 Å². The van der Waals surface area contributed by atoms with Gasteiger partial charge in [0.05, 0.1) is 11.7 Å². The van der Waals surface area contributed by atoms with Crippen molar-refractivity contribution in [2.24, 2.45) is 5.92 Å². The average Bonchev–Trinajstić information content (AvgIpc) is 2.58. The second-order valence-corrected chi connectivity index (χ2v) is 5.52. The highest BCUT2D eigenvalue weighted by atomic mass is 15.1. The van der Waals surface area contributed by atoms with Crippen molar-refractivity contribution in [2.75, 3.05) is 6.54 Å². The quantitative estimate of drug-likeness (QED) is 0.869. The van der Waals surface area contributed by atoms with E-state index >= 15 is 0 Å². The Morgan fingerprint density at radius 1 is 1.53 bits per heavy atom. The Bertz CT molecular complexity index is 354. The van der Waals surface area contributed by atoms with E-state index in [0.29, 0.717) is 12.0 Å². The Kier molecular flexibility index (Phi) is 4.21. The van der Waals surface area contributed by atoms with E-state index in [2.05, 4.69) is 36.9 Å². The fourth-order valence-electron chi connectivity index (χ4n) is 2.60. The van der Waals surface area contributed by atoms with E-state index in [1.165, 1.54) is 30.8 Å². The summed E-state index contributed by atoms with van der Waals surface area (Å²) in [5, 5.41) is 3.64. The lowest BCUT2D eigenvalue weighted by atomic mass is 10.0. The molecule has 0 spiro atoms. The number of aromatic nitrogens is 2. The summed E-state index contributed by atoms with van der Waals surface area (Å²) in [6.45, 7) is 9.02. The third kappa shape index (κ3) is 3.09. The zero-order chi connectivity index (χ0) is 12.3. The molecule has 3 nitrogen and oxygen atoms in total. The molecule has 0 aliphatic carbocycles. The van der Waals surface area contributed by atoms with Crippen molar-refractivity contribution in [2.45, 2.75) is 59.0 Å². The highest BCUT2D eigenvalue weighted by Crippen LogP contribution is 2.23. The number of nitrogens with one attached hydrogen (secondary N) is 1. The van der Waals surface area contributed by atoms with E-state index < -0.39 is 0 Å². The molecule has 96 valence electrons. The van der Waals surface area contributed by atoms with E-state index in [4.69, 9.17) is 4.98 Å². The maximum atomic E-state index is 4.84. The van der Waals surface area contributed by atoms with E-state index in [9.17, 15) is 0 Å². The van der Waals surface area contributed by atoms with Gasteiger partial charge in [0.2, 0.25) is 0 Å². The van der Waals surface area contributed by atoms with E-state index in [0.717, 1.165) is 19.5 Å². The zero-order valence-electron chi connectivity index (χ0n) is 11.4. The van der Waals surface area contributed by atoms with Crippen molar-refractivity contribution in [3.63, 3.8) is 0 Å². The lowest BCUT2D eigenvalue weighted by Crippen LogP contribution is -2.23. The standard InChI is InChI=1S/C14H25N3/c1-4-6-12-10-17-8-5-7-15-13(9-11(2)3)14(17)16-12/h10-11,13,15H,4-9H2,1-3H3/t13-/m1/s1. The lowest BCUT2D eigenvalue weighted by molar-refractivity contribution is 0.424. The van der Waals surface area contributed by atoms with Crippen LogP contribution in [0.1, 0.15) is 57.6 Å². The molecule has 0 aromatic carbocycles. The van der Waals surface area contributed by atoms with Gasteiger partial charge in [-0.15, -0.1) is 0 Å². The maximum Gasteiger partial charge on any atom is 0.126 e. The molecule has 1 N–H and O–H groups in total. The summed E-state index contributed by atoms with van der Waals surface area (Å²) >= 11 is 0. The van der Waals surface area contributed by atoms with Gasteiger partial charge in [-0.25, -0.2) is 4.98 Å². The van der Waals surface area contributed by atoms with E-state index in [1.54, 1.807) is 0 Å². The first-order valence-electron chi connectivity index (χ1n) is 7.00. The fraction of sp³-hybridized carbons (Fsp3) is 0.786. The largest absolute Gasteiger partial charge is 0.333 e. The van der Waals surface area contributed by atoms with Gasteiger partial charge >= 0.3 is 0 Å². The molecule has 1 aromatic heterocycles. The van der Waals surface area contributed by atoms with Crippen LogP contribution in [-0.2, 0) is 13.0 Å². The molecule has 0 fully saturated rings. The van der Waals surface area contributed by atoms with Crippen molar-refractivity contribution < 1.29 is 0 Å². The van der Waals surface area contributed by atoms with Gasteiger partial charge < -0.3 is 9.88 Å². The third-order valence-corrected chi connectivity index (χ3v) is 3.35. The van der Waals surface area contributed by atoms with Crippen molar-refractivity contribution in [3.8, 4) is 0 Å². The molecule has 1 aliphatic heterocycles. The minimum atomic E-state index is 0.447. The number of aryl methyl sites for hydroxylation is 2. The summed E-state index contributed by atoms with van der Waals surface area (Å²) in [4.78, 5) is 4.84. The van der Waals surface area contributed by atoms with Crippen LogP contribution in [0.5, 0.6) is 0 Å². The van der Waals surface area contributed by atoms with Gasteiger partial charge in [0.15, 0.2) is 0 Å². The molecule has 3 heteroatoms. The number of rotatable bonds is 4. The second kappa shape index (κ2) is 5.67. The van der Waals surface area contributed by atoms with Crippen molar-refractivity contribution in [1.82, 2.24) is 14.9 Å². The van der Waals surface area contributed by atoms with Crippen LogP contribution in [0.3, 0.4) is 0 Å². The van der Waals surface area contributed by atoms with Gasteiger partial charge in [0, 0.05) is 12.7 Å². The summed E-state index contributed by atoms with van der Waals surface area (Å²) in [7, 11) is 0. The Hall–Kier alpha value is -0.830. The molecule has 0 amide bonds. The summed E-state index contributed by atoms with van der Waals surface area (Å²) in [5.74, 6) is 1.98. The predicted molar refractivity (Wildman–Crippen MR) is 71.0 cm³/mol. The van der Waals surface area contributed by atoms with Crippen molar-refractivity contribution >= 4 is 0 Å². The summed E-state index contributed by atoms with van der Waals surface area (Å²) < 4.78 is 2.37. The number of nitrogens with zero attached hydrogens (tertiary/aromatic N) is 2. The number of hydrogen-bond donors (Lipinski definition) is 1. The molecule has 0 radical (unpaired) electrons. The SMILES string of the molecule is CCCc1cn2c(n1)[C@@H](CC(C)C)NCCC2. The maximum absolute atomic E-state index is 4.84. The molecular formula is C14H25N3. The first-order valence-corrected chi connectivity index (χ1v) is 7.00. The highest BCUT2D eigenvalue weighted by molar-refractivity contribution is 5.09. The topological polar surface area (TPSA) is 29.9 Å². The van der Waals surface area contributed by atoms with Crippen LogP contribution < -0.4 is 5.32 Å². The monoisotopic (exact) mass is 235 g/mol. The fourth-order valence-corrected chi connectivity index (χ4v) is 2.60. The summed E-state index contributed by atoms with van der Waals surface area (Å²) in [6.07, 6.45) is 6.94. The number of imidazole rings is 1. The van der Waals surface area contributed by atoms with Gasteiger partial charge in [0.1, 0.15) is 5.82 Å². The molecule has 0 saturated carbocycles. The minimum Gasteiger partial charge on any atom is -0.333 e. The first-order chi connectivity index (χ1) is 8.20. The number of fused-ring (bicyclic) bond motifs is 1. The molecule has 1 aliphatic rings.